The molecule has 1 amide bonds. The molecular formula is C25H21F3N4O5. The zero-order valence-electron chi connectivity index (χ0n) is 19.4. The quantitative estimate of drug-likeness (QED) is 0.395. The lowest BCUT2D eigenvalue weighted by molar-refractivity contribution is -0.274. The van der Waals surface area contributed by atoms with E-state index < -0.39 is 11.9 Å². The van der Waals surface area contributed by atoms with E-state index in [-0.39, 0.29) is 24.7 Å². The Bertz CT molecular complexity index is 1420. The molecule has 0 fully saturated rings. The number of benzene rings is 2. The fourth-order valence-electron chi connectivity index (χ4n) is 4.25. The fourth-order valence-corrected chi connectivity index (χ4v) is 4.25. The summed E-state index contributed by atoms with van der Waals surface area (Å²) in [6.45, 7) is 0.0292. The molecule has 0 spiro atoms. The van der Waals surface area contributed by atoms with Crippen LogP contribution in [-0.2, 0) is 17.4 Å². The van der Waals surface area contributed by atoms with Crippen molar-refractivity contribution in [2.75, 3.05) is 6.61 Å². The molecule has 0 aliphatic carbocycles. The van der Waals surface area contributed by atoms with Gasteiger partial charge in [-0.2, -0.15) is 5.10 Å². The standard InChI is InChI=1S/C24H19F3N4O3.CH2O2/c1-31-19-9-4-15(13-16(19)14-29-31)22(32)30-23(10-12-33-20-3-2-11-28-21(20)23)17-5-7-18(8-6-17)34-24(25,26)27;2-1-3/h2-9,11,13-14H,10,12H2,1H3,(H,30,32);1H,(H,2,3)/t23-;/m0./s1. The number of aryl methyl sites for hydroxylation is 1. The first-order valence-electron chi connectivity index (χ1n) is 10.9. The smallest absolute Gasteiger partial charge is 0.491 e. The van der Waals surface area contributed by atoms with Gasteiger partial charge in [-0.25, -0.2) is 0 Å². The molecule has 2 aromatic carbocycles. The Kier molecular flexibility index (Phi) is 7.00. The van der Waals surface area contributed by atoms with Crippen LogP contribution in [0, 0.1) is 0 Å². The Morgan fingerprint density at radius 1 is 1.22 bits per heavy atom. The number of hydrogen-bond acceptors (Lipinski definition) is 6. The van der Waals surface area contributed by atoms with E-state index in [0.717, 1.165) is 10.9 Å². The molecule has 37 heavy (non-hydrogen) atoms. The van der Waals surface area contributed by atoms with Crippen LogP contribution < -0.4 is 14.8 Å². The number of carbonyl (C=O) groups excluding carboxylic acids is 1. The van der Waals surface area contributed by atoms with Crippen LogP contribution in [0.5, 0.6) is 11.5 Å². The van der Waals surface area contributed by atoms with Gasteiger partial charge >= 0.3 is 6.36 Å². The summed E-state index contributed by atoms with van der Waals surface area (Å²) < 4.78 is 49.3. The van der Waals surface area contributed by atoms with E-state index in [4.69, 9.17) is 14.6 Å². The van der Waals surface area contributed by atoms with E-state index in [2.05, 4.69) is 20.1 Å². The topological polar surface area (TPSA) is 116 Å². The normalized spacial score (nSPS) is 16.5. The summed E-state index contributed by atoms with van der Waals surface area (Å²) in [4.78, 5) is 26.3. The zero-order chi connectivity index (χ0) is 26.6. The number of aromatic nitrogens is 3. The number of halogens is 3. The summed E-state index contributed by atoms with van der Waals surface area (Å²) in [5.74, 6) is -0.222. The molecule has 0 radical (unpaired) electrons. The van der Waals surface area contributed by atoms with Crippen molar-refractivity contribution >= 4 is 23.3 Å². The number of carbonyl (C=O) groups is 2. The van der Waals surface area contributed by atoms with Crippen LogP contribution in [-0.4, -0.2) is 45.2 Å². The SMILES string of the molecule is Cn1ncc2cc(C(=O)N[C@]3(c4ccc(OC(F)(F)F)cc4)CCOc4cccnc43)ccc21.O=CO. The second-order valence-corrected chi connectivity index (χ2v) is 8.03. The Morgan fingerprint density at radius 2 is 1.95 bits per heavy atom. The van der Waals surface area contributed by atoms with E-state index in [1.807, 2.05) is 13.1 Å². The average molecular weight is 514 g/mol. The third-order valence-corrected chi connectivity index (χ3v) is 5.83. The molecule has 0 saturated carbocycles. The highest BCUT2D eigenvalue weighted by Crippen LogP contribution is 2.41. The number of alkyl halides is 3. The maximum Gasteiger partial charge on any atom is 0.573 e. The second kappa shape index (κ2) is 10.2. The van der Waals surface area contributed by atoms with Crippen LogP contribution in [0.4, 0.5) is 13.2 Å². The van der Waals surface area contributed by atoms with Crippen LogP contribution in [0.3, 0.4) is 0 Å². The van der Waals surface area contributed by atoms with E-state index >= 15 is 0 Å². The molecule has 2 aromatic heterocycles. The predicted molar refractivity (Wildman–Crippen MR) is 125 cm³/mol. The Morgan fingerprint density at radius 3 is 2.65 bits per heavy atom. The molecule has 12 heteroatoms. The van der Waals surface area contributed by atoms with Crippen LogP contribution in [0.2, 0.25) is 0 Å². The van der Waals surface area contributed by atoms with Gasteiger partial charge < -0.3 is 19.9 Å². The second-order valence-electron chi connectivity index (χ2n) is 8.03. The summed E-state index contributed by atoms with van der Waals surface area (Å²) >= 11 is 0. The summed E-state index contributed by atoms with van der Waals surface area (Å²) in [5.41, 5.74) is 1.21. The van der Waals surface area contributed by atoms with Gasteiger partial charge in [0.05, 0.1) is 18.3 Å². The molecule has 0 unspecified atom stereocenters. The summed E-state index contributed by atoms with van der Waals surface area (Å²) in [6.07, 6.45) is -1.22. The number of hydrogen-bond donors (Lipinski definition) is 2. The summed E-state index contributed by atoms with van der Waals surface area (Å²) in [7, 11) is 1.81. The van der Waals surface area contributed by atoms with Gasteiger partial charge in [-0.3, -0.25) is 19.3 Å². The van der Waals surface area contributed by atoms with Crippen molar-refractivity contribution in [1.82, 2.24) is 20.1 Å². The van der Waals surface area contributed by atoms with Gasteiger partial charge in [0.15, 0.2) is 0 Å². The summed E-state index contributed by atoms with van der Waals surface area (Å²) in [6, 6.07) is 14.1. The number of ether oxygens (including phenoxy) is 2. The Labute approximate surface area is 208 Å². The third kappa shape index (κ3) is 5.32. The monoisotopic (exact) mass is 514 g/mol. The van der Waals surface area contributed by atoms with Gasteiger partial charge in [0.1, 0.15) is 22.7 Å². The first kappa shape index (κ1) is 25.5. The van der Waals surface area contributed by atoms with Crippen LogP contribution >= 0.6 is 0 Å². The maximum atomic E-state index is 13.4. The Balaban J connectivity index is 0.00000102. The minimum absolute atomic E-state index is 0.250. The van der Waals surface area contributed by atoms with Crippen LogP contribution in [0.25, 0.3) is 10.9 Å². The molecule has 2 N–H and O–H groups in total. The lowest BCUT2D eigenvalue weighted by Gasteiger charge is -2.39. The van der Waals surface area contributed by atoms with Gasteiger partial charge in [-0.1, -0.05) is 12.1 Å². The minimum atomic E-state index is -4.80. The molecule has 1 aliphatic rings. The van der Waals surface area contributed by atoms with E-state index in [0.29, 0.717) is 29.0 Å². The van der Waals surface area contributed by atoms with Gasteiger partial charge in [-0.05, 0) is 48.0 Å². The first-order valence-corrected chi connectivity index (χ1v) is 10.9. The number of fused-ring (bicyclic) bond motifs is 2. The van der Waals surface area contributed by atoms with Crippen molar-refractivity contribution in [3.8, 4) is 11.5 Å². The van der Waals surface area contributed by atoms with Gasteiger partial charge in [0.25, 0.3) is 12.4 Å². The van der Waals surface area contributed by atoms with Crippen molar-refractivity contribution in [2.45, 2.75) is 18.3 Å². The lowest BCUT2D eigenvalue weighted by Crippen LogP contribution is -2.50. The van der Waals surface area contributed by atoms with Crippen LogP contribution in [0.1, 0.15) is 28.0 Å². The number of nitrogens with zero attached hydrogens (tertiary/aromatic N) is 3. The molecule has 0 bridgehead atoms. The van der Waals surface area contributed by atoms with E-state index in [1.165, 1.54) is 24.3 Å². The van der Waals surface area contributed by atoms with Crippen molar-refractivity contribution in [3.63, 3.8) is 0 Å². The molecule has 3 heterocycles. The summed E-state index contributed by atoms with van der Waals surface area (Å²) in [5, 5.41) is 15.0. The van der Waals surface area contributed by atoms with Gasteiger partial charge in [0.2, 0.25) is 0 Å². The molecule has 0 saturated heterocycles. The highest BCUT2D eigenvalue weighted by molar-refractivity contribution is 5.98. The molecule has 192 valence electrons. The average Bonchev–Trinajstić information content (AvgIpc) is 3.24. The number of nitrogens with one attached hydrogen (secondary N) is 1. The largest absolute Gasteiger partial charge is 0.573 e. The highest BCUT2D eigenvalue weighted by atomic mass is 19.4. The first-order chi connectivity index (χ1) is 17.7. The minimum Gasteiger partial charge on any atom is -0.491 e. The van der Waals surface area contributed by atoms with E-state index in [9.17, 15) is 18.0 Å². The number of amides is 1. The van der Waals surface area contributed by atoms with Crippen LogP contribution in [0.15, 0.2) is 67.0 Å². The fraction of sp³-hybridized carbons (Fsp3) is 0.200. The third-order valence-electron chi connectivity index (χ3n) is 5.83. The molecule has 1 aliphatic heterocycles. The van der Waals surface area contributed by atoms with Crippen molar-refractivity contribution in [2.24, 2.45) is 7.05 Å². The molecule has 9 nitrogen and oxygen atoms in total. The van der Waals surface area contributed by atoms with Gasteiger partial charge in [-0.15, -0.1) is 13.2 Å². The molecular weight excluding hydrogens is 493 g/mol. The maximum absolute atomic E-state index is 13.4. The predicted octanol–water partition coefficient (Wildman–Crippen LogP) is 4.02. The molecule has 5 rings (SSSR count). The van der Waals surface area contributed by atoms with Gasteiger partial charge in [0, 0.05) is 30.6 Å². The van der Waals surface area contributed by atoms with Crippen molar-refractivity contribution in [1.29, 1.82) is 0 Å². The van der Waals surface area contributed by atoms with E-state index in [1.54, 1.807) is 41.3 Å². The number of rotatable bonds is 4. The molecule has 1 atom stereocenters. The molecule has 4 aromatic rings. The Hall–Kier alpha value is -4.61. The highest BCUT2D eigenvalue weighted by Gasteiger charge is 2.43. The zero-order valence-corrected chi connectivity index (χ0v) is 19.4. The van der Waals surface area contributed by atoms with Crippen molar-refractivity contribution in [3.05, 3.63) is 83.8 Å². The number of pyridine rings is 1. The lowest BCUT2D eigenvalue weighted by atomic mass is 9.81. The van der Waals surface area contributed by atoms with Crippen molar-refractivity contribution < 1.29 is 37.3 Å². The number of carboxylic acid groups (broad SMARTS) is 1.